The van der Waals surface area contributed by atoms with Crippen LogP contribution in [0, 0.1) is 5.92 Å². The van der Waals surface area contributed by atoms with Gasteiger partial charge in [0.25, 0.3) is 0 Å². The molecule has 0 bridgehead atoms. The third-order valence-electron chi connectivity index (χ3n) is 5.81. The fourth-order valence-electron chi connectivity index (χ4n) is 4.01. The normalized spacial score (nSPS) is 18.5. The van der Waals surface area contributed by atoms with Gasteiger partial charge in [0.05, 0.1) is 22.1 Å². The Morgan fingerprint density at radius 1 is 1.10 bits per heavy atom. The molecule has 2 aromatic rings. The Bertz CT molecular complexity index is 894. The highest BCUT2D eigenvalue weighted by Crippen LogP contribution is 2.31. The third-order valence-corrected chi connectivity index (χ3v) is 7.15. The van der Waals surface area contributed by atoms with Gasteiger partial charge in [-0.15, -0.1) is 0 Å². The van der Waals surface area contributed by atoms with Crippen LogP contribution in [0.15, 0.2) is 47.4 Å². The van der Waals surface area contributed by atoms with Crippen molar-refractivity contribution >= 4 is 16.5 Å². The van der Waals surface area contributed by atoms with Crippen molar-refractivity contribution in [2.75, 3.05) is 37.4 Å². The zero-order chi connectivity index (χ0) is 21.1. The number of fused-ring (bicyclic) bond motifs is 1. The van der Waals surface area contributed by atoms with Crippen LogP contribution < -0.4 is 10.1 Å². The number of rotatable bonds is 6. The first-order valence-electron chi connectivity index (χ1n) is 10.2. The summed E-state index contributed by atoms with van der Waals surface area (Å²) in [5.74, 6) is 1.81. The average molecular weight is 439 g/mol. The largest absolute Gasteiger partial charge is 0.471 e. The Hall–Kier alpha value is -2.06. The van der Waals surface area contributed by atoms with Crippen molar-refractivity contribution in [2.45, 2.75) is 30.3 Å². The van der Waals surface area contributed by atoms with Gasteiger partial charge in [-0.05, 0) is 74.2 Å². The number of piperidine rings is 1. The summed E-state index contributed by atoms with van der Waals surface area (Å²) in [4.78, 5) is 3.11. The Balaban J connectivity index is 1.21. The lowest BCUT2D eigenvalue weighted by atomic mass is 9.90. The van der Waals surface area contributed by atoms with Gasteiger partial charge in [-0.25, -0.2) is 0 Å². The minimum atomic E-state index is -4.28. The van der Waals surface area contributed by atoms with E-state index in [1.807, 2.05) is 18.2 Å². The van der Waals surface area contributed by atoms with E-state index in [4.69, 9.17) is 4.74 Å². The molecule has 0 aromatic heterocycles. The van der Waals surface area contributed by atoms with Crippen molar-refractivity contribution in [1.29, 1.82) is 0 Å². The van der Waals surface area contributed by atoms with Gasteiger partial charge in [-0.3, -0.25) is 4.21 Å². The Labute approximate surface area is 176 Å². The highest BCUT2D eigenvalue weighted by atomic mass is 32.2. The first kappa shape index (κ1) is 21.2. The van der Waals surface area contributed by atoms with Gasteiger partial charge in [0.15, 0.2) is 6.73 Å². The lowest BCUT2D eigenvalue weighted by Crippen LogP contribution is -2.36. The molecule has 2 aromatic carbocycles. The minimum absolute atomic E-state index is 0.451. The fourth-order valence-corrected chi connectivity index (χ4v) is 5.13. The lowest BCUT2D eigenvalue weighted by molar-refractivity contribution is -0.137. The number of nitrogens with one attached hydrogen (secondary N) is 1. The van der Waals surface area contributed by atoms with Crippen LogP contribution in [-0.2, 0) is 23.4 Å². The number of alkyl halides is 3. The summed E-state index contributed by atoms with van der Waals surface area (Å²) < 4.78 is 56.1. The quantitative estimate of drug-likeness (QED) is 0.720. The zero-order valence-electron chi connectivity index (χ0n) is 16.6. The number of ether oxygens (including phenoxy) is 1. The van der Waals surface area contributed by atoms with Crippen molar-refractivity contribution in [3.63, 3.8) is 0 Å². The van der Waals surface area contributed by atoms with Gasteiger partial charge < -0.3 is 15.0 Å². The van der Waals surface area contributed by atoms with E-state index in [1.54, 1.807) is 12.1 Å². The first-order chi connectivity index (χ1) is 14.4. The van der Waals surface area contributed by atoms with E-state index in [2.05, 4.69) is 10.2 Å². The molecule has 4 nitrogen and oxygen atoms in total. The molecule has 0 amide bonds. The SMILES string of the molecule is O=S(CCN1CCC(Cc2ccc(C(F)(F)F)cc2)CC1)c1ccc2c(c1)OCN2. The maximum absolute atomic E-state index is 12.7. The summed E-state index contributed by atoms with van der Waals surface area (Å²) in [5, 5.41) is 3.10. The summed E-state index contributed by atoms with van der Waals surface area (Å²) in [7, 11) is -1.07. The molecular formula is C22H25F3N2O2S. The number of nitrogens with zero attached hydrogens (tertiary/aromatic N) is 1. The number of hydrogen-bond donors (Lipinski definition) is 1. The van der Waals surface area contributed by atoms with Crippen molar-refractivity contribution in [3.8, 4) is 5.75 Å². The molecule has 2 heterocycles. The smallest absolute Gasteiger partial charge is 0.416 e. The molecular weight excluding hydrogens is 413 g/mol. The molecule has 1 saturated heterocycles. The van der Waals surface area contributed by atoms with Crippen LogP contribution >= 0.6 is 0 Å². The standard InChI is InChI=1S/C22H25F3N2O2S/c23-22(24,25)18-3-1-16(2-4-18)13-17-7-9-27(10-8-17)11-12-30(28)19-5-6-20-21(14-19)29-15-26-20/h1-6,14,17,26H,7-13,15H2. The summed E-state index contributed by atoms with van der Waals surface area (Å²) in [5.41, 5.74) is 1.29. The fraction of sp³-hybridized carbons (Fsp3) is 0.455. The van der Waals surface area contributed by atoms with E-state index in [0.29, 0.717) is 18.4 Å². The molecule has 2 aliphatic heterocycles. The highest BCUT2D eigenvalue weighted by molar-refractivity contribution is 7.85. The van der Waals surface area contributed by atoms with Crippen LogP contribution in [-0.4, -0.2) is 41.2 Å². The Kier molecular flexibility index (Phi) is 6.34. The zero-order valence-corrected chi connectivity index (χ0v) is 17.4. The van der Waals surface area contributed by atoms with Crippen molar-refractivity contribution in [2.24, 2.45) is 5.92 Å². The minimum Gasteiger partial charge on any atom is -0.471 e. The number of likely N-dealkylation sites (tertiary alicyclic amines) is 1. The summed E-state index contributed by atoms with van der Waals surface area (Å²) >= 11 is 0. The molecule has 2 aliphatic rings. The Morgan fingerprint density at radius 3 is 2.53 bits per heavy atom. The molecule has 162 valence electrons. The maximum atomic E-state index is 12.7. The second-order valence-corrected chi connectivity index (χ2v) is 9.43. The molecule has 0 radical (unpaired) electrons. The average Bonchev–Trinajstić information content (AvgIpc) is 3.21. The van der Waals surface area contributed by atoms with Crippen LogP contribution in [0.4, 0.5) is 18.9 Å². The second kappa shape index (κ2) is 8.98. The van der Waals surface area contributed by atoms with E-state index in [9.17, 15) is 17.4 Å². The highest BCUT2D eigenvalue weighted by Gasteiger charge is 2.30. The van der Waals surface area contributed by atoms with Crippen LogP contribution in [0.2, 0.25) is 0 Å². The van der Waals surface area contributed by atoms with E-state index in [0.717, 1.165) is 60.8 Å². The molecule has 30 heavy (non-hydrogen) atoms. The topological polar surface area (TPSA) is 41.6 Å². The summed E-state index contributed by atoms with van der Waals surface area (Å²) in [6.07, 6.45) is -1.47. The predicted octanol–water partition coefficient (Wildman–Crippen LogP) is 4.53. The lowest BCUT2D eigenvalue weighted by Gasteiger charge is -2.32. The van der Waals surface area contributed by atoms with Crippen molar-refractivity contribution in [1.82, 2.24) is 4.90 Å². The molecule has 1 atom stereocenters. The molecule has 0 saturated carbocycles. The second-order valence-electron chi connectivity index (χ2n) is 7.86. The van der Waals surface area contributed by atoms with E-state index < -0.39 is 22.5 Å². The van der Waals surface area contributed by atoms with Crippen LogP contribution in [0.25, 0.3) is 0 Å². The van der Waals surface area contributed by atoms with Crippen molar-refractivity contribution in [3.05, 3.63) is 53.6 Å². The van der Waals surface area contributed by atoms with Crippen LogP contribution in [0.5, 0.6) is 5.75 Å². The molecule has 1 N–H and O–H groups in total. The van der Waals surface area contributed by atoms with Gasteiger partial charge in [0.1, 0.15) is 5.75 Å². The van der Waals surface area contributed by atoms with Crippen LogP contribution in [0.1, 0.15) is 24.0 Å². The van der Waals surface area contributed by atoms with Gasteiger partial charge in [0.2, 0.25) is 0 Å². The number of benzene rings is 2. The molecule has 1 unspecified atom stereocenters. The summed E-state index contributed by atoms with van der Waals surface area (Å²) in [6, 6.07) is 11.2. The summed E-state index contributed by atoms with van der Waals surface area (Å²) in [6.45, 7) is 3.09. The van der Waals surface area contributed by atoms with E-state index in [1.165, 1.54) is 12.1 Å². The number of halogens is 3. The maximum Gasteiger partial charge on any atom is 0.416 e. The van der Waals surface area contributed by atoms with E-state index >= 15 is 0 Å². The van der Waals surface area contributed by atoms with E-state index in [-0.39, 0.29) is 0 Å². The molecule has 0 spiro atoms. The monoisotopic (exact) mass is 438 g/mol. The molecule has 8 heteroatoms. The first-order valence-corrected chi connectivity index (χ1v) is 11.5. The van der Waals surface area contributed by atoms with Crippen molar-refractivity contribution < 1.29 is 22.1 Å². The van der Waals surface area contributed by atoms with Gasteiger partial charge in [-0.1, -0.05) is 12.1 Å². The van der Waals surface area contributed by atoms with Gasteiger partial charge in [0, 0.05) is 17.2 Å². The molecule has 0 aliphatic carbocycles. The van der Waals surface area contributed by atoms with Gasteiger partial charge in [-0.2, -0.15) is 13.2 Å². The Morgan fingerprint density at radius 2 is 1.83 bits per heavy atom. The molecule has 4 rings (SSSR count). The number of hydrogen-bond acceptors (Lipinski definition) is 4. The predicted molar refractivity (Wildman–Crippen MR) is 111 cm³/mol. The number of anilines is 1. The van der Waals surface area contributed by atoms with Gasteiger partial charge >= 0.3 is 6.18 Å². The third kappa shape index (κ3) is 5.16. The molecule has 1 fully saturated rings. The van der Waals surface area contributed by atoms with Crippen LogP contribution in [0.3, 0.4) is 0 Å².